The van der Waals surface area contributed by atoms with Crippen molar-refractivity contribution in [2.75, 3.05) is 18.6 Å². The molecule has 1 heterocycles. The topological polar surface area (TPSA) is 58.6 Å². The summed E-state index contributed by atoms with van der Waals surface area (Å²) in [6.07, 6.45) is 0. The van der Waals surface area contributed by atoms with Crippen molar-refractivity contribution in [1.82, 2.24) is 5.32 Å². The normalized spacial score (nSPS) is 19.7. The number of hydrogen-bond acceptors (Lipinski definition) is 3. The molecule has 5 heteroatoms. The van der Waals surface area contributed by atoms with Gasteiger partial charge in [-0.1, -0.05) is 6.07 Å². The SMILES string of the molecule is COc1ccc(C)cc1N1C(=O)CNC(=O)C1C. The molecule has 1 aromatic rings. The van der Waals surface area contributed by atoms with Crippen LogP contribution in [0.2, 0.25) is 0 Å². The first-order chi connectivity index (χ1) is 8.54. The molecule has 1 aliphatic heterocycles. The van der Waals surface area contributed by atoms with E-state index in [1.165, 1.54) is 4.90 Å². The Bertz CT molecular complexity index is 499. The predicted molar refractivity (Wildman–Crippen MR) is 67.7 cm³/mol. The van der Waals surface area contributed by atoms with Crippen molar-refractivity contribution in [3.63, 3.8) is 0 Å². The summed E-state index contributed by atoms with van der Waals surface area (Å²) in [7, 11) is 1.55. The number of anilines is 1. The number of methoxy groups -OCH3 is 1. The van der Waals surface area contributed by atoms with Crippen LogP contribution in [0.1, 0.15) is 12.5 Å². The quantitative estimate of drug-likeness (QED) is 0.844. The van der Waals surface area contributed by atoms with Gasteiger partial charge in [0.25, 0.3) is 0 Å². The zero-order valence-corrected chi connectivity index (χ0v) is 10.7. The molecule has 0 aromatic heterocycles. The van der Waals surface area contributed by atoms with E-state index in [2.05, 4.69) is 5.32 Å². The molecule has 1 atom stereocenters. The van der Waals surface area contributed by atoms with Gasteiger partial charge in [0, 0.05) is 0 Å². The maximum atomic E-state index is 12.0. The lowest BCUT2D eigenvalue weighted by Crippen LogP contribution is -2.57. The lowest BCUT2D eigenvalue weighted by molar-refractivity contribution is -0.130. The zero-order chi connectivity index (χ0) is 13.3. The fraction of sp³-hybridized carbons (Fsp3) is 0.385. The number of hydrogen-bond donors (Lipinski definition) is 1. The fourth-order valence-corrected chi connectivity index (χ4v) is 2.06. The first kappa shape index (κ1) is 12.4. The first-order valence-corrected chi connectivity index (χ1v) is 5.79. The number of carbonyl (C=O) groups is 2. The number of nitrogens with one attached hydrogen (secondary N) is 1. The smallest absolute Gasteiger partial charge is 0.247 e. The molecule has 1 N–H and O–H groups in total. The van der Waals surface area contributed by atoms with Gasteiger partial charge in [-0.15, -0.1) is 0 Å². The summed E-state index contributed by atoms with van der Waals surface area (Å²) < 4.78 is 5.26. The largest absolute Gasteiger partial charge is 0.495 e. The maximum Gasteiger partial charge on any atom is 0.247 e. The monoisotopic (exact) mass is 248 g/mol. The van der Waals surface area contributed by atoms with Gasteiger partial charge in [-0.05, 0) is 31.5 Å². The Morgan fingerprint density at radius 3 is 2.78 bits per heavy atom. The molecule has 2 amide bonds. The van der Waals surface area contributed by atoms with Gasteiger partial charge in [-0.2, -0.15) is 0 Å². The van der Waals surface area contributed by atoms with Gasteiger partial charge >= 0.3 is 0 Å². The number of aryl methyl sites for hydroxylation is 1. The minimum absolute atomic E-state index is 0.0280. The van der Waals surface area contributed by atoms with E-state index in [4.69, 9.17) is 4.74 Å². The Labute approximate surface area is 106 Å². The molecule has 1 saturated heterocycles. The van der Waals surface area contributed by atoms with Crippen LogP contribution < -0.4 is 15.0 Å². The summed E-state index contributed by atoms with van der Waals surface area (Å²) in [6.45, 7) is 3.66. The molecular formula is C13H16N2O3. The van der Waals surface area contributed by atoms with Gasteiger partial charge in [0.05, 0.1) is 19.3 Å². The summed E-state index contributed by atoms with van der Waals surface area (Å²) in [5.74, 6) is 0.305. The Hall–Kier alpha value is -2.04. The van der Waals surface area contributed by atoms with Gasteiger partial charge in [-0.25, -0.2) is 0 Å². The molecule has 2 rings (SSSR count). The summed E-state index contributed by atoms with van der Waals surface area (Å²) in [5.41, 5.74) is 1.65. The zero-order valence-electron chi connectivity index (χ0n) is 10.7. The van der Waals surface area contributed by atoms with Gasteiger partial charge in [0.2, 0.25) is 11.8 Å². The van der Waals surface area contributed by atoms with Crippen LogP contribution in [-0.4, -0.2) is 31.5 Å². The third kappa shape index (κ3) is 2.03. The summed E-state index contributed by atoms with van der Waals surface area (Å²) in [5, 5.41) is 2.56. The Morgan fingerprint density at radius 2 is 2.11 bits per heavy atom. The number of piperazine rings is 1. The van der Waals surface area contributed by atoms with Gasteiger partial charge < -0.3 is 10.1 Å². The van der Waals surface area contributed by atoms with Crippen molar-refractivity contribution in [2.45, 2.75) is 19.9 Å². The standard InChI is InChI=1S/C13H16N2O3/c1-8-4-5-11(18-3)10(6-8)15-9(2)13(17)14-7-12(15)16/h4-6,9H,7H2,1-3H3,(H,14,17). The van der Waals surface area contributed by atoms with Crippen LogP contribution in [-0.2, 0) is 9.59 Å². The molecule has 0 bridgehead atoms. The third-order valence-electron chi connectivity index (χ3n) is 3.04. The molecule has 96 valence electrons. The predicted octanol–water partition coefficient (Wildman–Crippen LogP) is 0.855. The minimum Gasteiger partial charge on any atom is -0.495 e. The van der Waals surface area contributed by atoms with E-state index in [1.54, 1.807) is 20.1 Å². The average Bonchev–Trinajstić information content (AvgIpc) is 2.35. The number of nitrogens with zero attached hydrogens (tertiary/aromatic N) is 1. The number of ether oxygens (including phenoxy) is 1. The van der Waals surface area contributed by atoms with Crippen molar-refractivity contribution >= 4 is 17.5 Å². The minimum atomic E-state index is -0.526. The molecule has 1 unspecified atom stereocenters. The summed E-state index contributed by atoms with van der Waals surface area (Å²) >= 11 is 0. The van der Waals surface area contributed by atoms with Crippen LogP contribution in [0, 0.1) is 6.92 Å². The van der Waals surface area contributed by atoms with E-state index < -0.39 is 6.04 Å². The highest BCUT2D eigenvalue weighted by Crippen LogP contribution is 2.31. The van der Waals surface area contributed by atoms with Crippen molar-refractivity contribution in [1.29, 1.82) is 0 Å². The maximum absolute atomic E-state index is 12.0. The second-order valence-corrected chi connectivity index (χ2v) is 4.33. The van der Waals surface area contributed by atoms with E-state index >= 15 is 0 Å². The van der Waals surface area contributed by atoms with Crippen molar-refractivity contribution in [2.24, 2.45) is 0 Å². The fourth-order valence-electron chi connectivity index (χ4n) is 2.06. The summed E-state index contributed by atoms with van der Waals surface area (Å²) in [6, 6.07) is 5.03. The van der Waals surface area contributed by atoms with Crippen LogP contribution in [0.3, 0.4) is 0 Å². The highest BCUT2D eigenvalue weighted by Gasteiger charge is 2.33. The Morgan fingerprint density at radius 1 is 1.39 bits per heavy atom. The van der Waals surface area contributed by atoms with Crippen LogP contribution >= 0.6 is 0 Å². The molecular weight excluding hydrogens is 232 g/mol. The molecule has 1 fully saturated rings. The van der Waals surface area contributed by atoms with Crippen molar-refractivity contribution in [3.8, 4) is 5.75 Å². The van der Waals surface area contributed by atoms with E-state index in [-0.39, 0.29) is 18.4 Å². The van der Waals surface area contributed by atoms with Gasteiger partial charge in [0.15, 0.2) is 0 Å². The van der Waals surface area contributed by atoms with E-state index in [0.29, 0.717) is 11.4 Å². The number of amides is 2. The van der Waals surface area contributed by atoms with Crippen LogP contribution in [0.25, 0.3) is 0 Å². The third-order valence-corrected chi connectivity index (χ3v) is 3.04. The molecule has 0 spiro atoms. The molecule has 1 aliphatic rings. The van der Waals surface area contributed by atoms with Gasteiger partial charge in [0.1, 0.15) is 11.8 Å². The lowest BCUT2D eigenvalue weighted by atomic mass is 10.1. The molecule has 0 radical (unpaired) electrons. The van der Waals surface area contributed by atoms with Crippen LogP contribution in [0.5, 0.6) is 5.75 Å². The first-order valence-electron chi connectivity index (χ1n) is 5.79. The molecule has 18 heavy (non-hydrogen) atoms. The molecule has 5 nitrogen and oxygen atoms in total. The lowest BCUT2D eigenvalue weighted by Gasteiger charge is -2.33. The Kier molecular flexibility index (Phi) is 3.23. The molecule has 0 saturated carbocycles. The molecule has 0 aliphatic carbocycles. The van der Waals surface area contributed by atoms with Gasteiger partial charge in [-0.3, -0.25) is 14.5 Å². The highest BCUT2D eigenvalue weighted by atomic mass is 16.5. The summed E-state index contributed by atoms with van der Waals surface area (Å²) in [4.78, 5) is 25.1. The number of carbonyl (C=O) groups excluding carboxylic acids is 2. The van der Waals surface area contributed by atoms with Crippen molar-refractivity contribution < 1.29 is 14.3 Å². The average molecular weight is 248 g/mol. The van der Waals surface area contributed by atoms with E-state index in [0.717, 1.165) is 5.56 Å². The second kappa shape index (κ2) is 4.68. The molecule has 1 aromatic carbocycles. The van der Waals surface area contributed by atoms with E-state index in [9.17, 15) is 9.59 Å². The second-order valence-electron chi connectivity index (χ2n) is 4.33. The van der Waals surface area contributed by atoms with Crippen LogP contribution in [0.15, 0.2) is 18.2 Å². The van der Waals surface area contributed by atoms with Crippen molar-refractivity contribution in [3.05, 3.63) is 23.8 Å². The highest BCUT2D eigenvalue weighted by molar-refractivity contribution is 6.07. The number of benzene rings is 1. The Balaban J connectivity index is 2.48. The van der Waals surface area contributed by atoms with Crippen LogP contribution in [0.4, 0.5) is 5.69 Å². The van der Waals surface area contributed by atoms with E-state index in [1.807, 2.05) is 19.1 Å². The number of rotatable bonds is 2.